The molecule has 2 heterocycles. The predicted molar refractivity (Wildman–Crippen MR) is 60.0 cm³/mol. The van der Waals surface area contributed by atoms with E-state index in [1.165, 1.54) is 0 Å². The highest BCUT2D eigenvalue weighted by molar-refractivity contribution is 9.10. The molecule has 2 unspecified atom stereocenters. The number of rotatable bonds is 3. The van der Waals surface area contributed by atoms with E-state index >= 15 is 0 Å². The second kappa shape index (κ2) is 5.12. The van der Waals surface area contributed by atoms with Crippen molar-refractivity contribution in [3.63, 3.8) is 0 Å². The summed E-state index contributed by atoms with van der Waals surface area (Å²) in [6, 6.07) is 3.85. The number of furan rings is 1. The smallest absolute Gasteiger partial charge is 0.169 e. The van der Waals surface area contributed by atoms with Crippen LogP contribution in [0.5, 0.6) is 0 Å². The molecule has 4 nitrogen and oxygen atoms in total. The summed E-state index contributed by atoms with van der Waals surface area (Å²) in [5.41, 5.74) is 2.81. The van der Waals surface area contributed by atoms with E-state index in [9.17, 15) is 0 Å². The third-order valence-electron chi connectivity index (χ3n) is 2.75. The number of hydrazine groups is 1. The molecule has 0 saturated carbocycles. The predicted octanol–water partition coefficient (Wildman–Crippen LogP) is 1.97. The van der Waals surface area contributed by atoms with E-state index in [0.717, 1.165) is 36.5 Å². The molecular weight excluding hydrogens is 260 g/mol. The Balaban J connectivity index is 2.08. The number of nitrogens with two attached hydrogens (primary N) is 1. The zero-order chi connectivity index (χ0) is 10.7. The first-order valence-electron chi connectivity index (χ1n) is 5.10. The third-order valence-corrected chi connectivity index (χ3v) is 3.17. The molecule has 1 aliphatic heterocycles. The van der Waals surface area contributed by atoms with Crippen LogP contribution in [-0.4, -0.2) is 13.2 Å². The molecule has 1 saturated heterocycles. The highest BCUT2D eigenvalue weighted by atomic mass is 79.9. The van der Waals surface area contributed by atoms with Gasteiger partial charge in [-0.15, -0.1) is 0 Å². The van der Waals surface area contributed by atoms with Gasteiger partial charge in [0.05, 0.1) is 12.6 Å². The summed E-state index contributed by atoms with van der Waals surface area (Å²) in [5, 5.41) is 0. The maximum atomic E-state index is 5.56. The van der Waals surface area contributed by atoms with Gasteiger partial charge in [0.15, 0.2) is 4.67 Å². The summed E-state index contributed by atoms with van der Waals surface area (Å²) < 4.78 is 11.7. The van der Waals surface area contributed by atoms with Gasteiger partial charge in [0.2, 0.25) is 0 Å². The zero-order valence-corrected chi connectivity index (χ0v) is 10.00. The van der Waals surface area contributed by atoms with E-state index in [1.807, 2.05) is 12.1 Å². The molecule has 1 aromatic heterocycles. The van der Waals surface area contributed by atoms with E-state index < -0.39 is 0 Å². The molecule has 15 heavy (non-hydrogen) atoms. The highest BCUT2D eigenvalue weighted by Gasteiger charge is 2.26. The molecule has 2 atom stereocenters. The maximum Gasteiger partial charge on any atom is 0.169 e. The Hall–Kier alpha value is -0.360. The van der Waals surface area contributed by atoms with Crippen LogP contribution < -0.4 is 11.3 Å². The summed E-state index contributed by atoms with van der Waals surface area (Å²) in [6.07, 6.45) is 2.21. The Morgan fingerprint density at radius 3 is 2.93 bits per heavy atom. The van der Waals surface area contributed by atoms with Crippen LogP contribution in [0.15, 0.2) is 21.2 Å². The number of nitrogens with one attached hydrogen (secondary N) is 1. The molecule has 5 heteroatoms. The van der Waals surface area contributed by atoms with Gasteiger partial charge in [0, 0.05) is 12.5 Å². The van der Waals surface area contributed by atoms with Gasteiger partial charge in [-0.2, -0.15) is 0 Å². The molecule has 0 aliphatic carbocycles. The first-order valence-corrected chi connectivity index (χ1v) is 5.89. The normalized spacial score (nSPS) is 24.0. The van der Waals surface area contributed by atoms with Gasteiger partial charge >= 0.3 is 0 Å². The molecule has 0 spiro atoms. The largest absolute Gasteiger partial charge is 0.453 e. The Morgan fingerprint density at radius 2 is 2.40 bits per heavy atom. The van der Waals surface area contributed by atoms with Crippen LogP contribution in [-0.2, 0) is 4.74 Å². The summed E-state index contributed by atoms with van der Waals surface area (Å²) in [6.45, 7) is 1.60. The molecule has 0 radical (unpaired) electrons. The molecule has 84 valence electrons. The number of hydrogen-bond acceptors (Lipinski definition) is 4. The van der Waals surface area contributed by atoms with Crippen molar-refractivity contribution in [1.82, 2.24) is 5.43 Å². The lowest BCUT2D eigenvalue weighted by Crippen LogP contribution is -2.37. The SMILES string of the molecule is NNC(c1ccc(Br)o1)C1CCCOC1. The van der Waals surface area contributed by atoms with Crippen molar-refractivity contribution in [1.29, 1.82) is 0 Å². The topological polar surface area (TPSA) is 60.4 Å². The van der Waals surface area contributed by atoms with E-state index in [0.29, 0.717) is 5.92 Å². The average Bonchev–Trinajstić information content (AvgIpc) is 2.68. The monoisotopic (exact) mass is 274 g/mol. The quantitative estimate of drug-likeness (QED) is 0.654. The fourth-order valence-corrected chi connectivity index (χ4v) is 2.29. The van der Waals surface area contributed by atoms with Crippen LogP contribution in [0.4, 0.5) is 0 Å². The standard InChI is InChI=1S/C10H15BrN2O2/c11-9-4-3-8(15-9)10(13-12)7-2-1-5-14-6-7/h3-4,7,10,13H,1-2,5-6,12H2. The first kappa shape index (κ1) is 11.1. The lowest BCUT2D eigenvalue weighted by molar-refractivity contribution is 0.0354. The van der Waals surface area contributed by atoms with Gasteiger partial charge in [-0.1, -0.05) is 0 Å². The van der Waals surface area contributed by atoms with Gasteiger partial charge in [0.1, 0.15) is 5.76 Å². The molecule has 2 rings (SSSR count). The van der Waals surface area contributed by atoms with Crippen molar-refractivity contribution in [2.24, 2.45) is 11.8 Å². The van der Waals surface area contributed by atoms with Crippen LogP contribution in [0.25, 0.3) is 0 Å². The summed E-state index contributed by atoms with van der Waals surface area (Å²) in [4.78, 5) is 0. The molecule has 0 bridgehead atoms. The van der Waals surface area contributed by atoms with Crippen molar-refractivity contribution in [3.05, 3.63) is 22.6 Å². The highest BCUT2D eigenvalue weighted by Crippen LogP contribution is 2.30. The Morgan fingerprint density at radius 1 is 1.53 bits per heavy atom. The Kier molecular flexibility index (Phi) is 3.80. The van der Waals surface area contributed by atoms with Crippen LogP contribution in [0, 0.1) is 5.92 Å². The first-order chi connectivity index (χ1) is 7.31. The molecule has 1 aliphatic rings. The second-order valence-corrected chi connectivity index (χ2v) is 4.55. The second-order valence-electron chi connectivity index (χ2n) is 3.76. The zero-order valence-electron chi connectivity index (χ0n) is 8.41. The van der Waals surface area contributed by atoms with E-state index in [1.54, 1.807) is 0 Å². The van der Waals surface area contributed by atoms with Gasteiger partial charge in [-0.05, 0) is 40.9 Å². The molecule has 0 amide bonds. The summed E-state index contributed by atoms with van der Waals surface area (Å²) in [7, 11) is 0. The van der Waals surface area contributed by atoms with Gasteiger partial charge < -0.3 is 9.15 Å². The molecule has 0 aromatic carbocycles. The average molecular weight is 275 g/mol. The van der Waals surface area contributed by atoms with Crippen LogP contribution in [0.2, 0.25) is 0 Å². The van der Waals surface area contributed by atoms with Crippen molar-refractivity contribution in [2.45, 2.75) is 18.9 Å². The minimum absolute atomic E-state index is 0.0385. The lowest BCUT2D eigenvalue weighted by Gasteiger charge is -2.28. The minimum atomic E-state index is 0.0385. The number of hydrogen-bond donors (Lipinski definition) is 2. The fourth-order valence-electron chi connectivity index (χ4n) is 1.97. The van der Waals surface area contributed by atoms with Crippen LogP contribution >= 0.6 is 15.9 Å². The van der Waals surface area contributed by atoms with Crippen LogP contribution in [0.1, 0.15) is 24.6 Å². The van der Waals surface area contributed by atoms with Gasteiger partial charge in [0.25, 0.3) is 0 Å². The van der Waals surface area contributed by atoms with Gasteiger partial charge in [-0.3, -0.25) is 5.84 Å². The maximum absolute atomic E-state index is 5.56. The fraction of sp³-hybridized carbons (Fsp3) is 0.600. The van der Waals surface area contributed by atoms with Crippen molar-refractivity contribution in [2.75, 3.05) is 13.2 Å². The Labute approximate surface area is 97.3 Å². The molecule has 3 N–H and O–H groups in total. The van der Waals surface area contributed by atoms with Crippen molar-refractivity contribution in [3.8, 4) is 0 Å². The van der Waals surface area contributed by atoms with Crippen molar-refractivity contribution >= 4 is 15.9 Å². The lowest BCUT2D eigenvalue weighted by atomic mass is 9.92. The Bertz CT molecular complexity index is 310. The minimum Gasteiger partial charge on any atom is -0.453 e. The number of halogens is 1. The van der Waals surface area contributed by atoms with Crippen LogP contribution in [0.3, 0.4) is 0 Å². The number of ether oxygens (including phenoxy) is 1. The third kappa shape index (κ3) is 2.60. The summed E-state index contributed by atoms with van der Waals surface area (Å²) >= 11 is 3.29. The summed E-state index contributed by atoms with van der Waals surface area (Å²) in [5.74, 6) is 6.82. The van der Waals surface area contributed by atoms with E-state index in [2.05, 4.69) is 21.4 Å². The van der Waals surface area contributed by atoms with E-state index in [-0.39, 0.29) is 6.04 Å². The van der Waals surface area contributed by atoms with Crippen molar-refractivity contribution < 1.29 is 9.15 Å². The molecule has 1 aromatic rings. The van der Waals surface area contributed by atoms with E-state index in [4.69, 9.17) is 15.0 Å². The molecule has 1 fully saturated rings. The molecular formula is C10H15BrN2O2. The van der Waals surface area contributed by atoms with Gasteiger partial charge in [-0.25, -0.2) is 5.43 Å².